The Hall–Kier alpha value is -3.34. The van der Waals surface area contributed by atoms with Crippen molar-refractivity contribution in [2.24, 2.45) is 0 Å². The molecule has 2 aromatic rings. The van der Waals surface area contributed by atoms with Crippen molar-refractivity contribution in [2.75, 3.05) is 31.3 Å². The Morgan fingerprint density at radius 1 is 1.05 bits per heavy atom. The number of halogens is 1. The number of nitrogens with zero attached hydrogens (tertiary/aromatic N) is 2. The summed E-state index contributed by atoms with van der Waals surface area (Å²) in [6.45, 7) is 1.25. The summed E-state index contributed by atoms with van der Waals surface area (Å²) < 4.78 is 50.9. The molecule has 1 fully saturated rings. The Labute approximate surface area is 230 Å². The van der Waals surface area contributed by atoms with Gasteiger partial charge < -0.3 is 19.7 Å². The van der Waals surface area contributed by atoms with Gasteiger partial charge in [-0.1, -0.05) is 38.3 Å². The van der Waals surface area contributed by atoms with Crippen molar-refractivity contribution < 1.29 is 31.9 Å². The van der Waals surface area contributed by atoms with Crippen molar-refractivity contribution in [1.82, 2.24) is 10.2 Å². The lowest BCUT2D eigenvalue weighted by atomic mass is 9.95. The SMILES string of the molecule is CC[C@@H](C(=O)NC1CCCCC1)N(Cc1ccc(F)cc1)C(=O)CN(c1ccc(OC)cc1OC)S(C)(=O)=O. The third-order valence-corrected chi connectivity index (χ3v) is 8.06. The van der Waals surface area contributed by atoms with E-state index in [1.165, 1.54) is 43.4 Å². The lowest BCUT2D eigenvalue weighted by Crippen LogP contribution is -2.54. The van der Waals surface area contributed by atoms with E-state index >= 15 is 0 Å². The molecule has 1 atom stereocenters. The van der Waals surface area contributed by atoms with E-state index < -0.39 is 34.3 Å². The van der Waals surface area contributed by atoms with E-state index in [9.17, 15) is 22.4 Å². The van der Waals surface area contributed by atoms with Crippen molar-refractivity contribution in [1.29, 1.82) is 0 Å². The highest BCUT2D eigenvalue weighted by molar-refractivity contribution is 7.92. The second kappa shape index (κ2) is 13.6. The smallest absolute Gasteiger partial charge is 0.244 e. The fourth-order valence-corrected chi connectivity index (χ4v) is 5.69. The Kier molecular flexibility index (Phi) is 10.6. The van der Waals surface area contributed by atoms with Gasteiger partial charge >= 0.3 is 0 Å². The molecule has 1 aliphatic carbocycles. The highest BCUT2D eigenvalue weighted by Crippen LogP contribution is 2.34. The number of benzene rings is 2. The first kappa shape index (κ1) is 30.2. The maximum Gasteiger partial charge on any atom is 0.244 e. The minimum atomic E-state index is -3.94. The lowest BCUT2D eigenvalue weighted by Gasteiger charge is -2.34. The molecule has 0 aromatic heterocycles. The van der Waals surface area contributed by atoms with Gasteiger partial charge in [-0.05, 0) is 49.1 Å². The first-order valence-electron chi connectivity index (χ1n) is 13.1. The van der Waals surface area contributed by atoms with E-state index in [0.717, 1.165) is 42.7 Å². The number of rotatable bonds is 12. The van der Waals surface area contributed by atoms with Crippen LogP contribution in [0.15, 0.2) is 42.5 Å². The second-order valence-corrected chi connectivity index (χ2v) is 11.6. The number of nitrogens with one attached hydrogen (secondary N) is 1. The number of anilines is 1. The molecular formula is C28H38FN3O6S. The highest BCUT2D eigenvalue weighted by Gasteiger charge is 2.33. The van der Waals surface area contributed by atoms with Gasteiger partial charge in [0.2, 0.25) is 21.8 Å². The largest absolute Gasteiger partial charge is 0.497 e. The monoisotopic (exact) mass is 563 g/mol. The minimum absolute atomic E-state index is 0.00700. The van der Waals surface area contributed by atoms with Crippen molar-refractivity contribution in [2.45, 2.75) is 64.1 Å². The molecule has 1 saturated carbocycles. The van der Waals surface area contributed by atoms with Gasteiger partial charge in [0.15, 0.2) is 0 Å². The summed E-state index contributed by atoms with van der Waals surface area (Å²) in [5.41, 5.74) is 0.775. The van der Waals surface area contributed by atoms with Crippen LogP contribution in [0.5, 0.6) is 11.5 Å². The van der Waals surface area contributed by atoms with Crippen LogP contribution in [0.2, 0.25) is 0 Å². The molecule has 11 heteroatoms. The minimum Gasteiger partial charge on any atom is -0.497 e. The molecular weight excluding hydrogens is 525 g/mol. The summed E-state index contributed by atoms with van der Waals surface area (Å²) in [6, 6.07) is 9.46. The average molecular weight is 564 g/mol. The number of ether oxygens (including phenoxy) is 2. The van der Waals surface area contributed by atoms with Gasteiger partial charge in [-0.2, -0.15) is 0 Å². The molecule has 3 rings (SSSR count). The van der Waals surface area contributed by atoms with Crippen molar-refractivity contribution in [3.8, 4) is 11.5 Å². The maximum atomic E-state index is 13.9. The Morgan fingerprint density at radius 3 is 2.28 bits per heavy atom. The molecule has 0 radical (unpaired) electrons. The molecule has 2 amide bonds. The summed E-state index contributed by atoms with van der Waals surface area (Å²) in [7, 11) is -1.07. The predicted molar refractivity (Wildman–Crippen MR) is 148 cm³/mol. The standard InChI is InChI=1S/C28H38FN3O6S/c1-5-24(28(34)30-22-9-7-6-8-10-22)31(18-20-11-13-21(29)14-12-20)27(33)19-32(39(4,35)36)25-16-15-23(37-2)17-26(25)38-3/h11-17,22,24H,5-10,18-19H2,1-4H3,(H,30,34)/t24-/m0/s1. The van der Waals surface area contributed by atoms with Crippen LogP contribution in [0.3, 0.4) is 0 Å². The van der Waals surface area contributed by atoms with Gasteiger partial charge in [0.1, 0.15) is 29.9 Å². The molecule has 0 spiro atoms. The Balaban J connectivity index is 1.95. The molecule has 0 unspecified atom stereocenters. The van der Waals surface area contributed by atoms with Crippen molar-refractivity contribution in [3.05, 3.63) is 53.8 Å². The number of methoxy groups -OCH3 is 2. The molecule has 39 heavy (non-hydrogen) atoms. The third-order valence-electron chi connectivity index (χ3n) is 6.94. The van der Waals surface area contributed by atoms with Gasteiger partial charge in [-0.3, -0.25) is 13.9 Å². The number of carbonyl (C=O) groups is 2. The van der Waals surface area contributed by atoms with Crippen LogP contribution in [-0.4, -0.2) is 64.2 Å². The number of carbonyl (C=O) groups excluding carboxylic acids is 2. The fraction of sp³-hybridized carbons (Fsp3) is 0.500. The van der Waals surface area contributed by atoms with Gasteiger partial charge in [0, 0.05) is 18.7 Å². The van der Waals surface area contributed by atoms with E-state index in [1.54, 1.807) is 25.1 Å². The van der Waals surface area contributed by atoms with E-state index in [-0.39, 0.29) is 29.9 Å². The first-order chi connectivity index (χ1) is 18.6. The first-order valence-corrected chi connectivity index (χ1v) is 15.0. The van der Waals surface area contributed by atoms with Crippen molar-refractivity contribution in [3.63, 3.8) is 0 Å². The molecule has 9 nitrogen and oxygen atoms in total. The predicted octanol–water partition coefficient (Wildman–Crippen LogP) is 3.87. The number of amides is 2. The molecule has 1 aliphatic rings. The lowest BCUT2D eigenvalue weighted by molar-refractivity contribution is -0.140. The molecule has 0 bridgehead atoms. The molecule has 0 heterocycles. The highest BCUT2D eigenvalue weighted by atomic mass is 32.2. The van der Waals surface area contributed by atoms with Gasteiger partial charge in [-0.15, -0.1) is 0 Å². The van der Waals surface area contributed by atoms with Crippen LogP contribution < -0.4 is 19.1 Å². The van der Waals surface area contributed by atoms with Crippen LogP contribution in [0.25, 0.3) is 0 Å². The quantitative estimate of drug-likeness (QED) is 0.421. The summed E-state index contributed by atoms with van der Waals surface area (Å²) in [4.78, 5) is 28.7. The second-order valence-electron chi connectivity index (χ2n) is 9.72. The average Bonchev–Trinajstić information content (AvgIpc) is 2.92. The van der Waals surface area contributed by atoms with Gasteiger partial charge in [0.25, 0.3) is 0 Å². The van der Waals surface area contributed by atoms with Crippen LogP contribution >= 0.6 is 0 Å². The van der Waals surface area contributed by atoms with Crippen LogP contribution in [0.4, 0.5) is 10.1 Å². The van der Waals surface area contributed by atoms with E-state index in [4.69, 9.17) is 9.47 Å². The van der Waals surface area contributed by atoms with Crippen LogP contribution in [-0.2, 0) is 26.2 Å². The molecule has 2 aromatic carbocycles. The summed E-state index contributed by atoms with van der Waals surface area (Å²) >= 11 is 0. The third kappa shape index (κ3) is 8.08. The number of sulfonamides is 1. The van der Waals surface area contributed by atoms with Gasteiger partial charge in [-0.25, -0.2) is 12.8 Å². The number of hydrogen-bond donors (Lipinski definition) is 1. The van der Waals surface area contributed by atoms with E-state index in [1.807, 2.05) is 0 Å². The summed E-state index contributed by atoms with van der Waals surface area (Å²) in [5.74, 6) is -0.617. The molecule has 0 saturated heterocycles. The zero-order chi connectivity index (χ0) is 28.6. The van der Waals surface area contributed by atoms with E-state index in [0.29, 0.717) is 17.7 Å². The fourth-order valence-electron chi connectivity index (χ4n) is 4.84. The van der Waals surface area contributed by atoms with Crippen LogP contribution in [0.1, 0.15) is 51.0 Å². The van der Waals surface area contributed by atoms with E-state index in [2.05, 4.69) is 5.32 Å². The Bertz CT molecular complexity index is 1230. The van der Waals surface area contributed by atoms with Crippen LogP contribution in [0, 0.1) is 5.82 Å². The molecule has 1 N–H and O–H groups in total. The summed E-state index contributed by atoms with van der Waals surface area (Å²) in [5, 5.41) is 3.09. The topological polar surface area (TPSA) is 105 Å². The molecule has 0 aliphatic heterocycles. The van der Waals surface area contributed by atoms with Gasteiger partial charge in [0.05, 0.1) is 26.2 Å². The Morgan fingerprint density at radius 2 is 1.72 bits per heavy atom. The zero-order valence-electron chi connectivity index (χ0n) is 23.0. The zero-order valence-corrected chi connectivity index (χ0v) is 23.8. The number of hydrogen-bond acceptors (Lipinski definition) is 6. The normalized spacial score (nSPS) is 14.8. The summed E-state index contributed by atoms with van der Waals surface area (Å²) in [6.07, 6.45) is 6.28. The molecule has 214 valence electrons. The van der Waals surface area contributed by atoms with Crippen molar-refractivity contribution >= 4 is 27.5 Å². The maximum absolute atomic E-state index is 13.9.